The Labute approximate surface area is 263 Å². The van der Waals surface area contributed by atoms with Gasteiger partial charge in [-0.2, -0.15) is 0 Å². The van der Waals surface area contributed by atoms with Crippen molar-refractivity contribution in [1.82, 2.24) is 5.32 Å². The van der Waals surface area contributed by atoms with Crippen LogP contribution < -0.4 is 10.1 Å². The van der Waals surface area contributed by atoms with Crippen molar-refractivity contribution in [2.24, 2.45) is 4.99 Å². The summed E-state index contributed by atoms with van der Waals surface area (Å²) in [5.74, 6) is -0.0272. The average molecular weight is 638 g/mol. The van der Waals surface area contributed by atoms with Crippen molar-refractivity contribution in [2.75, 3.05) is 26.4 Å². The summed E-state index contributed by atoms with van der Waals surface area (Å²) in [5, 5.41) is 12.7. The van der Waals surface area contributed by atoms with Crippen LogP contribution in [0.2, 0.25) is 10.0 Å². The van der Waals surface area contributed by atoms with E-state index in [1.54, 1.807) is 63.2 Å². The Morgan fingerprint density at radius 1 is 1.09 bits per heavy atom. The lowest BCUT2D eigenvalue weighted by Gasteiger charge is -2.31. The molecule has 0 radical (unpaired) electrons. The first-order valence-electron chi connectivity index (χ1n) is 14.5. The first-order valence-corrected chi connectivity index (χ1v) is 15.3. The second kappa shape index (κ2) is 15.7. The van der Waals surface area contributed by atoms with Crippen LogP contribution in [0.1, 0.15) is 77.5 Å². The summed E-state index contributed by atoms with van der Waals surface area (Å²) in [6, 6.07) is 12.0. The number of carbonyl (C=O) groups is 2. The third-order valence-corrected chi connectivity index (χ3v) is 7.03. The number of halogens is 2. The number of aliphatic hydroxyl groups excluding tert-OH is 1. The zero-order chi connectivity index (χ0) is 31.6. The molecule has 1 aliphatic rings. The van der Waals surface area contributed by atoms with Gasteiger partial charge < -0.3 is 29.4 Å². The zero-order valence-electron chi connectivity index (χ0n) is 25.5. The van der Waals surface area contributed by atoms with E-state index in [-0.39, 0.29) is 31.5 Å². The van der Waals surface area contributed by atoms with Gasteiger partial charge in [0.2, 0.25) is 5.90 Å². The number of benzene rings is 2. The normalized spacial score (nSPS) is 18.3. The molecule has 0 aliphatic carbocycles. The summed E-state index contributed by atoms with van der Waals surface area (Å²) in [5.41, 5.74) is -1.11. The van der Waals surface area contributed by atoms with Crippen LogP contribution in [0, 0.1) is 0 Å². The number of carbonyl (C=O) groups excluding carboxylic acids is 2. The molecule has 0 unspecified atom stereocenters. The molecule has 1 amide bonds. The largest absolute Gasteiger partial charge is 0.494 e. The average Bonchev–Trinajstić information content (AvgIpc) is 3.31. The Kier molecular flexibility index (Phi) is 12.7. The van der Waals surface area contributed by atoms with Gasteiger partial charge in [-0.15, -0.1) is 0 Å². The van der Waals surface area contributed by atoms with Crippen molar-refractivity contribution in [3.05, 3.63) is 63.6 Å². The number of rotatable bonds is 15. The number of amides is 1. The van der Waals surface area contributed by atoms with E-state index in [1.807, 2.05) is 13.8 Å². The molecule has 3 rings (SSSR count). The highest BCUT2D eigenvalue weighted by atomic mass is 35.5. The minimum absolute atomic E-state index is 0.00567. The smallest absolute Gasteiger partial charge is 0.306 e. The zero-order valence-corrected chi connectivity index (χ0v) is 27.0. The molecule has 11 heteroatoms. The Morgan fingerprint density at radius 2 is 1.81 bits per heavy atom. The molecule has 0 bridgehead atoms. The van der Waals surface area contributed by atoms with Crippen LogP contribution in [0.25, 0.3) is 0 Å². The van der Waals surface area contributed by atoms with Crippen molar-refractivity contribution in [1.29, 1.82) is 0 Å². The van der Waals surface area contributed by atoms with Crippen molar-refractivity contribution in [3.63, 3.8) is 0 Å². The van der Waals surface area contributed by atoms with E-state index in [1.165, 1.54) is 0 Å². The second-order valence-electron chi connectivity index (χ2n) is 11.6. The number of nitrogens with zero attached hydrogens (tertiary/aromatic N) is 1. The predicted octanol–water partition coefficient (Wildman–Crippen LogP) is 6.06. The minimum Gasteiger partial charge on any atom is -0.494 e. The van der Waals surface area contributed by atoms with E-state index in [0.717, 1.165) is 0 Å². The third-order valence-electron chi connectivity index (χ3n) is 6.46. The van der Waals surface area contributed by atoms with Gasteiger partial charge in [0.1, 0.15) is 11.4 Å². The first-order chi connectivity index (χ1) is 20.3. The maximum atomic E-state index is 14.1. The molecule has 2 aromatic rings. The number of hydrogen-bond donors (Lipinski definition) is 2. The van der Waals surface area contributed by atoms with Gasteiger partial charge in [0.25, 0.3) is 5.91 Å². The fraction of sp³-hybridized carbons (Fsp3) is 0.531. The van der Waals surface area contributed by atoms with Crippen LogP contribution in [-0.4, -0.2) is 66.5 Å². The molecule has 0 spiro atoms. The third kappa shape index (κ3) is 10.1. The molecular weight excluding hydrogens is 595 g/mol. The van der Waals surface area contributed by atoms with Crippen LogP contribution in [0.3, 0.4) is 0 Å². The number of aliphatic imine (C=N–C) groups is 1. The van der Waals surface area contributed by atoms with Crippen LogP contribution in [0.4, 0.5) is 0 Å². The van der Waals surface area contributed by atoms with Gasteiger partial charge in [0.15, 0.2) is 11.6 Å². The van der Waals surface area contributed by atoms with Crippen molar-refractivity contribution < 1.29 is 33.6 Å². The van der Waals surface area contributed by atoms with E-state index in [9.17, 15) is 9.59 Å². The van der Waals surface area contributed by atoms with Gasteiger partial charge in [-0.05, 0) is 83.9 Å². The lowest BCUT2D eigenvalue weighted by Crippen LogP contribution is -2.49. The molecule has 2 N–H and O–H groups in total. The van der Waals surface area contributed by atoms with E-state index in [4.69, 9.17) is 52.2 Å². The minimum atomic E-state index is -1.54. The van der Waals surface area contributed by atoms with Crippen LogP contribution >= 0.6 is 23.2 Å². The van der Waals surface area contributed by atoms with Crippen molar-refractivity contribution in [2.45, 2.75) is 83.6 Å². The van der Waals surface area contributed by atoms with Gasteiger partial charge in [0, 0.05) is 53.8 Å². The number of hydrogen-bond acceptors (Lipinski definition) is 8. The quantitative estimate of drug-likeness (QED) is 0.180. The highest BCUT2D eigenvalue weighted by Gasteiger charge is 2.54. The fourth-order valence-electron chi connectivity index (χ4n) is 4.49. The molecule has 236 valence electrons. The maximum Gasteiger partial charge on any atom is 0.306 e. The van der Waals surface area contributed by atoms with Crippen molar-refractivity contribution >= 4 is 41.0 Å². The molecule has 1 aliphatic heterocycles. The lowest BCUT2D eigenvalue weighted by atomic mass is 9.83. The first kappa shape index (κ1) is 34.6. The fourth-order valence-corrected chi connectivity index (χ4v) is 5.00. The van der Waals surface area contributed by atoms with Crippen LogP contribution in [-0.2, 0) is 23.8 Å². The molecule has 1 heterocycles. The maximum absolute atomic E-state index is 14.1. The van der Waals surface area contributed by atoms with Gasteiger partial charge in [0.05, 0.1) is 12.7 Å². The lowest BCUT2D eigenvalue weighted by molar-refractivity contribution is -0.155. The SMILES string of the molecule is CC(C)OCCCNC(=O)[C@]1(CCC(=O)OC(C)(C)C)N=C(c2ccc(OCCCO)cc2)O[C@@H]1c1ccc(Cl)cc1Cl. The van der Waals surface area contributed by atoms with Gasteiger partial charge >= 0.3 is 5.97 Å². The molecule has 0 aromatic heterocycles. The van der Waals surface area contributed by atoms with Gasteiger partial charge in [-0.1, -0.05) is 29.3 Å². The van der Waals surface area contributed by atoms with E-state index >= 15 is 0 Å². The number of esters is 1. The van der Waals surface area contributed by atoms with E-state index < -0.39 is 29.1 Å². The van der Waals surface area contributed by atoms with Crippen molar-refractivity contribution in [3.8, 4) is 5.75 Å². The second-order valence-corrected chi connectivity index (χ2v) is 12.4. The monoisotopic (exact) mass is 636 g/mol. The van der Waals surface area contributed by atoms with E-state index in [2.05, 4.69) is 5.32 Å². The standard InChI is InChI=1S/C32H42Cl2N2O7/c1-21(2)40-18-6-16-35-30(39)32(15-14-27(38)43-31(3,4)5)28(25-13-10-23(33)20-26(25)34)42-29(36-32)22-8-11-24(12-9-22)41-19-7-17-37/h8-13,20-21,28,37H,6-7,14-19H2,1-5H3,(H,35,39)/t28-,32-/m1/s1. The molecular formula is C32H42Cl2N2O7. The molecule has 9 nitrogen and oxygen atoms in total. The highest BCUT2D eigenvalue weighted by Crippen LogP contribution is 2.45. The highest BCUT2D eigenvalue weighted by molar-refractivity contribution is 6.35. The molecule has 0 saturated heterocycles. The Hall–Kier alpha value is -2.85. The summed E-state index contributed by atoms with van der Waals surface area (Å²) in [6.07, 6.45) is 0.149. The predicted molar refractivity (Wildman–Crippen MR) is 167 cm³/mol. The van der Waals surface area contributed by atoms with Crippen LogP contribution in [0.15, 0.2) is 47.5 Å². The van der Waals surface area contributed by atoms with Gasteiger partial charge in [-0.25, -0.2) is 4.99 Å². The summed E-state index contributed by atoms with van der Waals surface area (Å²) < 4.78 is 23.2. The molecule has 43 heavy (non-hydrogen) atoms. The Balaban J connectivity index is 2.00. The molecule has 2 aromatic carbocycles. The number of nitrogens with one attached hydrogen (secondary N) is 1. The topological polar surface area (TPSA) is 116 Å². The summed E-state index contributed by atoms with van der Waals surface area (Å²) in [4.78, 5) is 31.9. The summed E-state index contributed by atoms with van der Waals surface area (Å²) in [6.45, 7) is 10.5. The molecule has 0 fully saturated rings. The Morgan fingerprint density at radius 3 is 2.44 bits per heavy atom. The summed E-state index contributed by atoms with van der Waals surface area (Å²) in [7, 11) is 0. The number of aliphatic hydroxyl groups is 1. The van der Waals surface area contributed by atoms with E-state index in [0.29, 0.717) is 59.5 Å². The molecule has 2 atom stereocenters. The summed E-state index contributed by atoms with van der Waals surface area (Å²) >= 11 is 12.8. The Bertz CT molecular complexity index is 1260. The van der Waals surface area contributed by atoms with Crippen LogP contribution in [0.5, 0.6) is 5.75 Å². The molecule has 0 saturated carbocycles. The number of ether oxygens (including phenoxy) is 4. The van der Waals surface area contributed by atoms with Gasteiger partial charge in [-0.3, -0.25) is 9.59 Å².